The molecule has 0 saturated heterocycles. The van der Waals surface area contributed by atoms with Crippen molar-refractivity contribution >= 4 is 22.7 Å². The maximum absolute atomic E-state index is 13.0. The molecule has 2 heterocycles. The van der Waals surface area contributed by atoms with Crippen molar-refractivity contribution in [2.45, 2.75) is 20.8 Å². The Labute approximate surface area is 128 Å². The van der Waals surface area contributed by atoms with Crippen molar-refractivity contribution in [1.29, 1.82) is 0 Å². The highest BCUT2D eigenvalue weighted by Crippen LogP contribution is 2.25. The standard InChI is InChI=1S/C17H17N3O2/c1-4-20(13-8-6-5-7-9-13)17(21)14-10-11(2)18-16-15(14)12(3)19-22-16/h5-10H,4H2,1-3H3. The first-order valence-corrected chi connectivity index (χ1v) is 7.22. The predicted octanol–water partition coefficient (Wildman–Crippen LogP) is 3.51. The Balaban J connectivity index is 2.14. The summed E-state index contributed by atoms with van der Waals surface area (Å²) in [6.07, 6.45) is 0. The van der Waals surface area contributed by atoms with E-state index in [1.807, 2.05) is 51.1 Å². The van der Waals surface area contributed by atoms with Crippen molar-refractivity contribution in [1.82, 2.24) is 10.1 Å². The minimum Gasteiger partial charge on any atom is -0.336 e. The molecule has 5 nitrogen and oxygen atoms in total. The highest BCUT2D eigenvalue weighted by Gasteiger charge is 2.22. The second-order valence-electron chi connectivity index (χ2n) is 5.14. The molecule has 0 N–H and O–H groups in total. The summed E-state index contributed by atoms with van der Waals surface area (Å²) in [5, 5.41) is 4.61. The monoisotopic (exact) mass is 295 g/mol. The molecule has 0 saturated carbocycles. The van der Waals surface area contributed by atoms with Gasteiger partial charge in [0.05, 0.1) is 16.6 Å². The van der Waals surface area contributed by atoms with Crippen LogP contribution in [0.4, 0.5) is 5.69 Å². The molecule has 0 fully saturated rings. The van der Waals surface area contributed by atoms with Gasteiger partial charge in [-0.15, -0.1) is 0 Å². The molecule has 5 heteroatoms. The van der Waals surface area contributed by atoms with Crippen LogP contribution in [-0.2, 0) is 0 Å². The van der Waals surface area contributed by atoms with Crippen LogP contribution in [0.5, 0.6) is 0 Å². The van der Waals surface area contributed by atoms with Crippen molar-refractivity contribution in [3.63, 3.8) is 0 Å². The summed E-state index contributed by atoms with van der Waals surface area (Å²) in [4.78, 5) is 19.1. The van der Waals surface area contributed by atoms with Gasteiger partial charge in [-0.1, -0.05) is 23.4 Å². The van der Waals surface area contributed by atoms with Crippen molar-refractivity contribution in [3.8, 4) is 0 Å². The van der Waals surface area contributed by atoms with E-state index in [1.54, 1.807) is 11.0 Å². The number of amides is 1. The van der Waals surface area contributed by atoms with Gasteiger partial charge in [-0.05, 0) is 39.0 Å². The molecule has 0 aliphatic carbocycles. The van der Waals surface area contributed by atoms with Gasteiger partial charge in [0.2, 0.25) is 0 Å². The molecule has 3 aromatic rings. The molecule has 0 unspecified atom stereocenters. The van der Waals surface area contributed by atoms with Crippen LogP contribution in [0.3, 0.4) is 0 Å². The van der Waals surface area contributed by atoms with E-state index in [-0.39, 0.29) is 5.91 Å². The van der Waals surface area contributed by atoms with Gasteiger partial charge >= 0.3 is 0 Å². The molecule has 0 spiro atoms. The van der Waals surface area contributed by atoms with E-state index in [0.29, 0.717) is 28.9 Å². The van der Waals surface area contributed by atoms with Gasteiger partial charge in [0.1, 0.15) is 0 Å². The van der Waals surface area contributed by atoms with E-state index in [0.717, 1.165) is 11.4 Å². The van der Waals surface area contributed by atoms with Crippen molar-refractivity contribution in [3.05, 3.63) is 53.3 Å². The molecule has 0 atom stereocenters. The number of fused-ring (bicyclic) bond motifs is 1. The number of rotatable bonds is 3. The summed E-state index contributed by atoms with van der Waals surface area (Å²) in [7, 11) is 0. The van der Waals surface area contributed by atoms with E-state index >= 15 is 0 Å². The number of aryl methyl sites for hydroxylation is 2. The Bertz CT molecular complexity index is 825. The topological polar surface area (TPSA) is 59.2 Å². The molecule has 1 amide bonds. The third-order valence-electron chi connectivity index (χ3n) is 3.60. The Hall–Kier alpha value is -2.69. The van der Waals surface area contributed by atoms with Gasteiger partial charge in [-0.3, -0.25) is 4.79 Å². The van der Waals surface area contributed by atoms with Crippen LogP contribution in [0.25, 0.3) is 11.1 Å². The number of aromatic nitrogens is 2. The van der Waals surface area contributed by atoms with Gasteiger partial charge in [0, 0.05) is 17.9 Å². The molecule has 22 heavy (non-hydrogen) atoms. The minimum atomic E-state index is -0.0736. The second kappa shape index (κ2) is 5.60. The highest BCUT2D eigenvalue weighted by molar-refractivity contribution is 6.13. The molecular weight excluding hydrogens is 278 g/mol. The smallest absolute Gasteiger partial charge is 0.259 e. The average Bonchev–Trinajstić information content (AvgIpc) is 2.89. The average molecular weight is 295 g/mol. The Morgan fingerprint density at radius 1 is 1.23 bits per heavy atom. The van der Waals surface area contributed by atoms with Crippen LogP contribution in [0.1, 0.15) is 28.7 Å². The Morgan fingerprint density at radius 3 is 2.64 bits per heavy atom. The van der Waals surface area contributed by atoms with Crippen LogP contribution in [-0.4, -0.2) is 22.6 Å². The third kappa shape index (κ3) is 2.35. The van der Waals surface area contributed by atoms with E-state index in [4.69, 9.17) is 4.52 Å². The molecule has 0 radical (unpaired) electrons. The van der Waals surface area contributed by atoms with E-state index in [1.165, 1.54) is 0 Å². The van der Waals surface area contributed by atoms with E-state index in [2.05, 4.69) is 10.1 Å². The second-order valence-corrected chi connectivity index (χ2v) is 5.14. The first-order chi connectivity index (χ1) is 10.6. The van der Waals surface area contributed by atoms with Crippen molar-refractivity contribution in [2.24, 2.45) is 0 Å². The summed E-state index contributed by atoms with van der Waals surface area (Å²) >= 11 is 0. The van der Waals surface area contributed by atoms with Gasteiger partial charge in [-0.25, -0.2) is 4.98 Å². The van der Waals surface area contributed by atoms with Crippen LogP contribution in [0, 0.1) is 13.8 Å². The van der Waals surface area contributed by atoms with E-state index in [9.17, 15) is 4.79 Å². The number of nitrogens with zero attached hydrogens (tertiary/aromatic N) is 3. The largest absolute Gasteiger partial charge is 0.336 e. The number of anilines is 1. The quantitative estimate of drug-likeness (QED) is 0.742. The van der Waals surface area contributed by atoms with Crippen LogP contribution < -0.4 is 4.90 Å². The number of hydrogen-bond acceptors (Lipinski definition) is 4. The molecule has 112 valence electrons. The SMILES string of the molecule is CCN(C(=O)c1cc(C)nc2onc(C)c12)c1ccccc1. The highest BCUT2D eigenvalue weighted by atomic mass is 16.5. The molecule has 1 aromatic carbocycles. The molecule has 0 bridgehead atoms. The molecular formula is C17H17N3O2. The Morgan fingerprint density at radius 2 is 1.95 bits per heavy atom. The lowest BCUT2D eigenvalue weighted by Crippen LogP contribution is -2.30. The van der Waals surface area contributed by atoms with Crippen molar-refractivity contribution in [2.75, 3.05) is 11.4 Å². The summed E-state index contributed by atoms with van der Waals surface area (Å²) in [5.41, 5.74) is 3.26. The van der Waals surface area contributed by atoms with Gasteiger partial charge in [-0.2, -0.15) is 0 Å². The maximum atomic E-state index is 13.0. The summed E-state index contributed by atoms with van der Waals surface area (Å²) < 4.78 is 5.21. The van der Waals surface area contributed by atoms with E-state index < -0.39 is 0 Å². The zero-order valence-electron chi connectivity index (χ0n) is 12.8. The first-order valence-electron chi connectivity index (χ1n) is 7.22. The number of benzene rings is 1. The number of hydrogen-bond donors (Lipinski definition) is 0. The fourth-order valence-corrected chi connectivity index (χ4v) is 2.58. The Kier molecular flexibility index (Phi) is 3.63. The third-order valence-corrected chi connectivity index (χ3v) is 3.60. The summed E-state index contributed by atoms with van der Waals surface area (Å²) in [6.45, 7) is 6.19. The molecule has 0 aliphatic rings. The maximum Gasteiger partial charge on any atom is 0.259 e. The summed E-state index contributed by atoms with van der Waals surface area (Å²) in [5.74, 6) is -0.0736. The van der Waals surface area contributed by atoms with Gasteiger partial charge in [0.25, 0.3) is 11.6 Å². The number of para-hydroxylation sites is 1. The number of carbonyl (C=O) groups is 1. The molecule has 3 rings (SSSR count). The number of pyridine rings is 1. The molecule has 0 aliphatic heterocycles. The zero-order chi connectivity index (χ0) is 15.7. The van der Waals surface area contributed by atoms with Crippen LogP contribution >= 0.6 is 0 Å². The molecule has 2 aromatic heterocycles. The van der Waals surface area contributed by atoms with Gasteiger partial charge < -0.3 is 9.42 Å². The zero-order valence-corrected chi connectivity index (χ0v) is 12.8. The predicted molar refractivity (Wildman–Crippen MR) is 85.1 cm³/mol. The van der Waals surface area contributed by atoms with Crippen molar-refractivity contribution < 1.29 is 9.32 Å². The van der Waals surface area contributed by atoms with Crippen LogP contribution in [0.15, 0.2) is 40.9 Å². The fraction of sp³-hybridized carbons (Fsp3) is 0.235. The fourth-order valence-electron chi connectivity index (χ4n) is 2.58. The first kappa shape index (κ1) is 14.3. The summed E-state index contributed by atoms with van der Waals surface area (Å²) in [6, 6.07) is 11.4. The van der Waals surface area contributed by atoms with Crippen LogP contribution in [0.2, 0.25) is 0 Å². The normalized spacial score (nSPS) is 10.9. The number of carbonyl (C=O) groups excluding carboxylic acids is 1. The lowest BCUT2D eigenvalue weighted by atomic mass is 10.1. The lowest BCUT2D eigenvalue weighted by molar-refractivity contribution is 0.0989. The lowest BCUT2D eigenvalue weighted by Gasteiger charge is -2.21. The van der Waals surface area contributed by atoms with Gasteiger partial charge in [0.15, 0.2) is 0 Å². The minimum absolute atomic E-state index is 0.0736.